The highest BCUT2D eigenvalue weighted by Gasteiger charge is 2.27. The van der Waals surface area contributed by atoms with Gasteiger partial charge in [0, 0.05) is 83.4 Å². The molecule has 0 aliphatic heterocycles. The summed E-state index contributed by atoms with van der Waals surface area (Å²) >= 11 is 1.31. The summed E-state index contributed by atoms with van der Waals surface area (Å²) in [6, 6.07) is -1.37. The normalized spacial score (nSPS) is 11.5. The Morgan fingerprint density at radius 1 is 0.352 bits per heavy atom. The lowest BCUT2D eigenvalue weighted by Gasteiger charge is -2.21. The first-order valence-corrected chi connectivity index (χ1v) is 58.8. The number of hydrogen-bond acceptors (Lipinski definition) is 30. The van der Waals surface area contributed by atoms with Crippen molar-refractivity contribution in [3.05, 3.63) is 25.3 Å². The molecule has 0 aromatic heterocycles. The van der Waals surface area contributed by atoms with Crippen LogP contribution in [0.3, 0.4) is 0 Å². The van der Waals surface area contributed by atoms with Gasteiger partial charge in [-0.2, -0.15) is 0 Å². The van der Waals surface area contributed by atoms with E-state index in [2.05, 4.69) is 119 Å². The van der Waals surface area contributed by atoms with Gasteiger partial charge in [0.05, 0.1) is 120 Å². The Balaban J connectivity index is -0.000000154. The third-order valence-corrected chi connectivity index (χ3v) is 21.5. The van der Waals surface area contributed by atoms with Gasteiger partial charge in [-0.3, -0.25) is 24.0 Å². The Morgan fingerprint density at radius 2 is 0.676 bits per heavy atom. The predicted molar refractivity (Wildman–Crippen MR) is 612 cm³/mol. The van der Waals surface area contributed by atoms with E-state index in [0.29, 0.717) is 37.1 Å². The van der Waals surface area contributed by atoms with Gasteiger partial charge in [0.1, 0.15) is 6.04 Å². The number of amides is 1. The third-order valence-electron chi connectivity index (χ3n) is 18.1. The van der Waals surface area contributed by atoms with E-state index in [1.54, 1.807) is 27.7 Å². The lowest BCUT2D eigenvalue weighted by Crippen LogP contribution is -2.52. The van der Waals surface area contributed by atoms with Crippen molar-refractivity contribution in [3.8, 4) is 0 Å². The second kappa shape index (κ2) is 129. The van der Waals surface area contributed by atoms with Crippen molar-refractivity contribution in [1.29, 1.82) is 0 Å². The van der Waals surface area contributed by atoms with Gasteiger partial charge in [0.2, 0.25) is 5.91 Å². The first-order valence-electron chi connectivity index (χ1n) is 55.3. The lowest BCUT2D eigenvalue weighted by atomic mass is 9.98. The number of nitrogens with one attached hydrogen (secondary N) is 2. The minimum absolute atomic E-state index is 0.00526. The Labute approximate surface area is 904 Å². The Hall–Kier alpha value is -3.74. The minimum atomic E-state index is -0.824. The maximum Gasteiger partial charge on any atom is 0.510 e. The van der Waals surface area contributed by atoms with Crippen molar-refractivity contribution in [2.24, 2.45) is 23.0 Å². The molecule has 0 bridgehead atoms. The quantitative estimate of drug-likeness (QED) is 0.0127. The number of ether oxygens (including phenoxy) is 18. The second-order valence-electron chi connectivity index (χ2n) is 40.0. The minimum Gasteiger partial charge on any atom is -0.468 e. The molecule has 0 rings (SSSR count). The number of nitrogens with two attached hydrogens (primary N) is 1. The third kappa shape index (κ3) is 179. The molecular formula is C114H235N3O25S3. The predicted octanol–water partition coefficient (Wildman–Crippen LogP) is 28.4. The average Bonchev–Trinajstić information content (AvgIpc) is 0.925. The molecule has 1 amide bonds. The summed E-state index contributed by atoms with van der Waals surface area (Å²) in [5.41, 5.74) is 5.26. The summed E-state index contributed by atoms with van der Waals surface area (Å²) < 4.78 is 91.6. The van der Waals surface area contributed by atoms with Gasteiger partial charge >= 0.3 is 30.0 Å². The van der Waals surface area contributed by atoms with E-state index < -0.39 is 29.6 Å². The summed E-state index contributed by atoms with van der Waals surface area (Å²) in [6.45, 7) is 84.4. The highest BCUT2D eigenvalue weighted by atomic mass is 33.1. The van der Waals surface area contributed by atoms with Crippen molar-refractivity contribution < 1.29 is 119 Å². The number of allylic oxidation sites excluding steroid dienone is 2. The zero-order valence-corrected chi connectivity index (χ0v) is 103. The Morgan fingerprint density at radius 3 is 1.00 bits per heavy atom. The molecule has 0 aliphatic carbocycles. The fraction of sp³-hybridized carbons (Fsp3) is 0.904. The smallest absolute Gasteiger partial charge is 0.468 e. The standard InChI is InChI=1S/C22H46O2.C16H32O2.C15H30O2.C12H24N2O4.C9H18O3.C8H16O4.C8H18OS2.C7H15NO2.C7H14O2S.C6H12O3.C4H10/c1-4-5-6-7-8-9-10-11-12-13-14-15-16-17-19-23-20-18-21-24-22(2)3;1-4-5-6-7-8-9-10-11-13-17-14-12-15-18-16(2)3;1-4-5-6-7-8-9-10-11-12-16-13-14-17-15(2)3;1-7(2)10(13)11(15)14-9(12(16)17-5)6-18-8(3)4;1-7(2)11-6-12-8(10)9(3,4)5;1-6(2)10-5-11-8(9)12-7(3)4;1-4-6-10-11-7-5-9-8(2)3;1-5(2)8-6(3)7(9)10-4;1-6(2)9-4-5-10-7(3)8;1-5(2)8-4-9-6(3)7;1-4(2)3/h22H,4-21H2,1-3H3;4,16H,1,5-15H2,2-3H3;4,15H,1,5-14H2,2-3H3;7-10H,6,13H2,1-5H3,(H,14,15);7H,6H2,1-5H3;6-7H,5H2,1-4H3;8H,4-7H2,1-3H3;5-6,8H,1-4H3;6H,4-5H2,1-3H3;5H,4H2,1-3H3;4H,1-3H3. The lowest BCUT2D eigenvalue weighted by molar-refractivity contribution is -0.168. The molecule has 874 valence electrons. The van der Waals surface area contributed by atoms with Gasteiger partial charge in [0.15, 0.2) is 31.5 Å². The van der Waals surface area contributed by atoms with E-state index in [4.69, 9.17) is 72.0 Å². The van der Waals surface area contributed by atoms with Crippen molar-refractivity contribution in [3.63, 3.8) is 0 Å². The zero-order chi connectivity index (χ0) is 113. The second-order valence-corrected chi connectivity index (χ2v) is 44.0. The van der Waals surface area contributed by atoms with Crippen LogP contribution in [0.5, 0.6) is 0 Å². The first-order chi connectivity index (χ1) is 68.3. The summed E-state index contributed by atoms with van der Waals surface area (Å²) in [4.78, 5) is 76.4. The number of carbonyl (C=O) groups is 7. The van der Waals surface area contributed by atoms with Gasteiger partial charge in [-0.25, -0.2) is 9.59 Å². The van der Waals surface area contributed by atoms with Crippen LogP contribution in [0.25, 0.3) is 0 Å². The van der Waals surface area contributed by atoms with Crippen LogP contribution in [0.2, 0.25) is 0 Å². The first kappa shape index (κ1) is 164. The van der Waals surface area contributed by atoms with E-state index in [0.717, 1.165) is 96.3 Å². The molecule has 0 aromatic rings. The van der Waals surface area contributed by atoms with E-state index in [-0.39, 0.29) is 104 Å². The van der Waals surface area contributed by atoms with Crippen LogP contribution in [0.4, 0.5) is 4.79 Å². The molecule has 31 heteroatoms. The van der Waals surface area contributed by atoms with Crippen molar-refractivity contribution in [1.82, 2.24) is 10.6 Å². The van der Waals surface area contributed by atoms with Gasteiger partial charge in [-0.05, 0) is 242 Å². The number of methoxy groups -OCH3 is 2. The van der Waals surface area contributed by atoms with Crippen molar-refractivity contribution >= 4 is 74.4 Å². The molecule has 4 N–H and O–H groups in total. The fourth-order valence-electron chi connectivity index (χ4n) is 10.4. The van der Waals surface area contributed by atoms with Crippen LogP contribution in [0, 0.1) is 17.3 Å². The molecule has 145 heavy (non-hydrogen) atoms. The fourth-order valence-corrected chi connectivity index (χ4v) is 12.9. The van der Waals surface area contributed by atoms with E-state index in [9.17, 15) is 33.6 Å². The summed E-state index contributed by atoms with van der Waals surface area (Å²) in [7, 11) is 6.51. The summed E-state index contributed by atoms with van der Waals surface area (Å²) in [6.07, 6.45) is 46.1. The Kier molecular flexibility index (Phi) is 146. The van der Waals surface area contributed by atoms with E-state index >= 15 is 0 Å². The van der Waals surface area contributed by atoms with Gasteiger partial charge in [-0.1, -0.05) is 243 Å². The molecule has 0 spiro atoms. The maximum atomic E-state index is 11.8. The highest BCUT2D eigenvalue weighted by Crippen LogP contribution is 2.22. The molecule has 0 aromatic carbocycles. The van der Waals surface area contributed by atoms with Crippen LogP contribution < -0.4 is 16.4 Å². The molecule has 3 unspecified atom stereocenters. The monoisotopic (exact) mass is 2140 g/mol. The molecule has 0 saturated heterocycles. The number of hydrogen-bond donors (Lipinski definition) is 3. The van der Waals surface area contributed by atoms with Crippen LogP contribution in [-0.4, -0.2) is 257 Å². The van der Waals surface area contributed by atoms with Crippen LogP contribution in [-0.2, 0) is 114 Å². The molecule has 28 nitrogen and oxygen atoms in total. The number of esters is 4. The molecule has 0 heterocycles. The van der Waals surface area contributed by atoms with Crippen LogP contribution in [0.15, 0.2) is 25.3 Å². The SMILES string of the molecule is C=CCCCCCCCCOCCCOC(C)C.C=CCCCCCCCCOCCOC(C)C.CC(=O)OCOC(C)C.CC(=O)SCCOC(C)C.CC(C)C.CC(C)OCOC(=O)C(C)(C)C.CC(C)OCOC(=O)OC(C)C.CCCCCCCCCCCCCCCCOCCCOC(C)C.CCCSSCCOC(C)C.COC(=O)C(C)NC(C)C.COC(=O)C(COC(C)C)NC(=O)C(N)C(C)C. The molecule has 0 saturated carbocycles. The molecular weight excluding hydrogens is 1910 g/mol. The number of rotatable bonds is 78. The van der Waals surface area contributed by atoms with Crippen molar-refractivity contribution in [2.75, 3.05) is 131 Å². The van der Waals surface area contributed by atoms with E-state index in [1.807, 2.05) is 165 Å². The number of carbonyl (C=O) groups excluding carboxylic acids is 7. The summed E-state index contributed by atoms with van der Waals surface area (Å²) in [5, 5.41) is 5.72. The zero-order valence-electron chi connectivity index (χ0n) is 100. The average molecular weight is 2140 g/mol. The number of unbranched alkanes of at least 4 members (excludes halogenated alkanes) is 25. The van der Waals surface area contributed by atoms with Gasteiger partial charge < -0.3 is 102 Å². The highest BCUT2D eigenvalue weighted by molar-refractivity contribution is 8.76. The van der Waals surface area contributed by atoms with Crippen molar-refractivity contribution in [2.45, 2.75) is 527 Å². The Bertz CT molecular complexity index is 2660. The molecule has 3 atom stereocenters. The summed E-state index contributed by atoms with van der Waals surface area (Å²) in [5.74, 6) is 2.29. The molecule has 0 aliphatic rings. The maximum absolute atomic E-state index is 11.8. The number of thioether (sulfide) groups is 1. The van der Waals surface area contributed by atoms with Crippen LogP contribution in [0.1, 0.15) is 441 Å². The molecule has 0 radical (unpaired) electrons. The van der Waals surface area contributed by atoms with Gasteiger partial charge in [-0.15, -0.1) is 13.2 Å². The largest absolute Gasteiger partial charge is 0.510 e. The van der Waals surface area contributed by atoms with Crippen LogP contribution >= 0.6 is 33.3 Å². The van der Waals surface area contributed by atoms with E-state index in [1.165, 1.54) is 225 Å². The topological polar surface area (TPSA) is 336 Å². The molecule has 0 fully saturated rings. The van der Waals surface area contributed by atoms with Gasteiger partial charge in [0.25, 0.3) is 0 Å².